The average molecular weight is 395 g/mol. The summed E-state index contributed by atoms with van der Waals surface area (Å²) in [6.07, 6.45) is 2.61. The Hall–Kier alpha value is -1.40. The molecular formula is C18H23BrN2O3. The molecule has 0 bridgehead atoms. The van der Waals surface area contributed by atoms with Gasteiger partial charge in [0.1, 0.15) is 0 Å². The lowest BCUT2D eigenvalue weighted by Crippen LogP contribution is -2.55. The topological polar surface area (TPSA) is 69.6 Å². The van der Waals surface area contributed by atoms with Crippen molar-refractivity contribution in [1.82, 2.24) is 10.2 Å². The number of hydrogen-bond donors (Lipinski definition) is 2. The lowest BCUT2D eigenvalue weighted by molar-refractivity contribution is -0.139. The van der Waals surface area contributed by atoms with Gasteiger partial charge in [0, 0.05) is 22.5 Å². The summed E-state index contributed by atoms with van der Waals surface area (Å²) in [4.78, 5) is 25.2. The first-order valence-electron chi connectivity index (χ1n) is 8.49. The molecule has 2 aliphatic rings. The molecule has 1 amide bonds. The number of carboxylic acids is 1. The van der Waals surface area contributed by atoms with E-state index in [0.717, 1.165) is 30.3 Å². The lowest BCUT2D eigenvalue weighted by Gasteiger charge is -2.42. The molecule has 2 N–H and O–H groups in total. The van der Waals surface area contributed by atoms with Gasteiger partial charge in [-0.25, -0.2) is 0 Å². The highest BCUT2D eigenvalue weighted by atomic mass is 79.9. The molecule has 2 atom stereocenters. The van der Waals surface area contributed by atoms with Crippen LogP contribution in [0.4, 0.5) is 0 Å². The number of hydrogen-bond acceptors (Lipinski definition) is 3. The van der Waals surface area contributed by atoms with Gasteiger partial charge in [0.2, 0.25) is 5.91 Å². The zero-order chi connectivity index (χ0) is 17.3. The SMILES string of the molecule is CCN(CC(=O)O)C1CC(NC(=O)C2CC2c2cccc(Br)c2)C1. The van der Waals surface area contributed by atoms with Crippen molar-refractivity contribution in [3.63, 3.8) is 0 Å². The molecule has 0 heterocycles. The Kier molecular flexibility index (Phi) is 5.25. The summed E-state index contributed by atoms with van der Waals surface area (Å²) < 4.78 is 1.05. The molecule has 0 spiro atoms. The van der Waals surface area contributed by atoms with E-state index in [9.17, 15) is 9.59 Å². The first kappa shape index (κ1) is 17.4. The minimum absolute atomic E-state index is 0.0788. The Labute approximate surface area is 150 Å². The maximum absolute atomic E-state index is 12.4. The molecule has 0 radical (unpaired) electrons. The van der Waals surface area contributed by atoms with Crippen molar-refractivity contribution >= 4 is 27.8 Å². The van der Waals surface area contributed by atoms with Gasteiger partial charge < -0.3 is 10.4 Å². The molecule has 0 aliphatic heterocycles. The second-order valence-electron chi connectivity index (χ2n) is 6.79. The number of halogens is 1. The Morgan fingerprint density at radius 1 is 1.33 bits per heavy atom. The van der Waals surface area contributed by atoms with Crippen LogP contribution in [0.25, 0.3) is 0 Å². The lowest BCUT2D eigenvalue weighted by atomic mass is 9.85. The van der Waals surface area contributed by atoms with Crippen molar-refractivity contribution in [2.24, 2.45) is 5.92 Å². The van der Waals surface area contributed by atoms with Crippen LogP contribution in [0.3, 0.4) is 0 Å². The minimum atomic E-state index is -0.792. The molecule has 24 heavy (non-hydrogen) atoms. The molecule has 130 valence electrons. The Bertz CT molecular complexity index is 630. The molecule has 5 nitrogen and oxygen atoms in total. The summed E-state index contributed by atoms with van der Waals surface area (Å²) in [6.45, 7) is 2.78. The van der Waals surface area contributed by atoms with E-state index in [2.05, 4.69) is 33.4 Å². The smallest absolute Gasteiger partial charge is 0.317 e. The summed E-state index contributed by atoms with van der Waals surface area (Å²) in [5.41, 5.74) is 1.22. The van der Waals surface area contributed by atoms with Crippen LogP contribution in [0.15, 0.2) is 28.7 Å². The number of carboxylic acid groups (broad SMARTS) is 1. The first-order chi connectivity index (χ1) is 11.5. The third-order valence-electron chi connectivity index (χ3n) is 5.12. The van der Waals surface area contributed by atoms with Crippen molar-refractivity contribution in [1.29, 1.82) is 0 Å². The van der Waals surface area contributed by atoms with Crippen LogP contribution in [0.5, 0.6) is 0 Å². The zero-order valence-electron chi connectivity index (χ0n) is 13.7. The largest absolute Gasteiger partial charge is 0.480 e. The van der Waals surface area contributed by atoms with Crippen LogP contribution in [0, 0.1) is 5.92 Å². The van der Waals surface area contributed by atoms with Crippen molar-refractivity contribution in [3.05, 3.63) is 34.3 Å². The van der Waals surface area contributed by atoms with E-state index in [-0.39, 0.29) is 30.5 Å². The van der Waals surface area contributed by atoms with Crippen LogP contribution in [-0.4, -0.2) is 47.1 Å². The van der Waals surface area contributed by atoms with E-state index in [1.54, 1.807) is 0 Å². The monoisotopic (exact) mass is 394 g/mol. The normalized spacial score (nSPS) is 28.3. The Morgan fingerprint density at radius 2 is 2.08 bits per heavy atom. The first-order valence-corrected chi connectivity index (χ1v) is 9.29. The molecule has 2 aliphatic carbocycles. The Morgan fingerprint density at radius 3 is 2.71 bits per heavy atom. The molecule has 0 saturated heterocycles. The molecular weight excluding hydrogens is 372 g/mol. The van der Waals surface area contributed by atoms with Gasteiger partial charge in [-0.15, -0.1) is 0 Å². The van der Waals surface area contributed by atoms with Gasteiger partial charge >= 0.3 is 5.97 Å². The average Bonchev–Trinajstić information content (AvgIpc) is 3.28. The highest BCUT2D eigenvalue weighted by Crippen LogP contribution is 2.48. The number of aliphatic carboxylic acids is 1. The number of nitrogens with zero attached hydrogens (tertiary/aromatic N) is 1. The number of likely N-dealkylation sites (N-methyl/N-ethyl adjacent to an activating group) is 1. The van der Waals surface area contributed by atoms with Crippen LogP contribution in [0.1, 0.15) is 37.7 Å². The summed E-state index contributed by atoms with van der Waals surface area (Å²) in [5.74, 6) is -0.235. The van der Waals surface area contributed by atoms with Gasteiger partial charge in [-0.3, -0.25) is 14.5 Å². The number of nitrogens with one attached hydrogen (secondary N) is 1. The molecule has 1 aromatic carbocycles. The van der Waals surface area contributed by atoms with Gasteiger partial charge in [0.05, 0.1) is 6.54 Å². The maximum Gasteiger partial charge on any atom is 0.317 e. The standard InChI is InChI=1S/C18H23BrN2O3/c1-2-21(10-17(22)23)14-7-13(8-14)20-18(24)16-9-15(16)11-4-3-5-12(19)6-11/h3-6,13-16H,2,7-10H2,1H3,(H,20,24)(H,22,23). The van der Waals surface area contributed by atoms with Crippen LogP contribution in [0.2, 0.25) is 0 Å². The van der Waals surface area contributed by atoms with Crippen LogP contribution < -0.4 is 5.32 Å². The molecule has 0 aromatic heterocycles. The molecule has 6 heteroatoms. The fraction of sp³-hybridized carbons (Fsp3) is 0.556. The van der Waals surface area contributed by atoms with Gasteiger partial charge in [0.15, 0.2) is 0 Å². The predicted molar refractivity (Wildman–Crippen MR) is 94.8 cm³/mol. The van der Waals surface area contributed by atoms with Crippen molar-refractivity contribution in [2.45, 2.75) is 44.2 Å². The second-order valence-corrected chi connectivity index (χ2v) is 7.71. The molecule has 2 saturated carbocycles. The van der Waals surface area contributed by atoms with Gasteiger partial charge in [0.25, 0.3) is 0 Å². The maximum atomic E-state index is 12.4. The number of amides is 1. The number of carbonyl (C=O) groups excluding carboxylic acids is 1. The fourth-order valence-corrected chi connectivity index (χ4v) is 3.99. The van der Waals surface area contributed by atoms with E-state index in [0.29, 0.717) is 5.92 Å². The molecule has 1 aromatic rings. The molecule has 3 rings (SSSR count). The summed E-state index contributed by atoms with van der Waals surface area (Å²) >= 11 is 3.47. The van der Waals surface area contributed by atoms with E-state index in [1.807, 2.05) is 24.0 Å². The van der Waals surface area contributed by atoms with E-state index in [1.165, 1.54) is 5.56 Å². The molecule has 2 unspecified atom stereocenters. The van der Waals surface area contributed by atoms with Crippen molar-refractivity contribution in [3.8, 4) is 0 Å². The molecule has 2 fully saturated rings. The number of rotatable bonds is 7. The fourth-order valence-electron chi connectivity index (χ4n) is 3.58. The quantitative estimate of drug-likeness (QED) is 0.745. The number of carbonyl (C=O) groups is 2. The highest BCUT2D eigenvalue weighted by Gasteiger charge is 2.45. The zero-order valence-corrected chi connectivity index (χ0v) is 15.3. The summed E-state index contributed by atoms with van der Waals surface area (Å²) in [5, 5.41) is 12.0. The van der Waals surface area contributed by atoms with E-state index >= 15 is 0 Å². The van der Waals surface area contributed by atoms with Gasteiger partial charge in [-0.1, -0.05) is 35.0 Å². The third-order valence-corrected chi connectivity index (χ3v) is 5.62. The highest BCUT2D eigenvalue weighted by molar-refractivity contribution is 9.10. The van der Waals surface area contributed by atoms with E-state index < -0.39 is 5.97 Å². The summed E-state index contributed by atoms with van der Waals surface area (Å²) in [7, 11) is 0. The Balaban J connectivity index is 1.44. The second kappa shape index (κ2) is 7.23. The van der Waals surface area contributed by atoms with Gasteiger partial charge in [-0.05, 0) is 49.4 Å². The third kappa shape index (κ3) is 3.98. The van der Waals surface area contributed by atoms with Crippen molar-refractivity contribution < 1.29 is 14.7 Å². The van der Waals surface area contributed by atoms with Gasteiger partial charge in [-0.2, -0.15) is 0 Å². The van der Waals surface area contributed by atoms with E-state index in [4.69, 9.17) is 5.11 Å². The summed E-state index contributed by atoms with van der Waals surface area (Å²) in [6, 6.07) is 8.62. The van der Waals surface area contributed by atoms with Crippen LogP contribution >= 0.6 is 15.9 Å². The van der Waals surface area contributed by atoms with Crippen molar-refractivity contribution in [2.75, 3.05) is 13.1 Å². The minimum Gasteiger partial charge on any atom is -0.480 e. The number of benzene rings is 1. The van der Waals surface area contributed by atoms with Crippen LogP contribution in [-0.2, 0) is 9.59 Å². The predicted octanol–water partition coefficient (Wildman–Crippen LogP) is 2.61.